The van der Waals surface area contributed by atoms with Crippen molar-refractivity contribution < 1.29 is 14.1 Å². The van der Waals surface area contributed by atoms with Crippen LogP contribution in [0.2, 0.25) is 0 Å². The molecule has 7 nitrogen and oxygen atoms in total. The number of aromatic nitrogens is 1. The van der Waals surface area contributed by atoms with Crippen LogP contribution in [0.5, 0.6) is 0 Å². The van der Waals surface area contributed by atoms with Crippen molar-refractivity contribution in [3.63, 3.8) is 0 Å². The molecule has 0 fully saturated rings. The Hall–Kier alpha value is -3.40. The van der Waals surface area contributed by atoms with Gasteiger partial charge in [0.25, 0.3) is 5.91 Å². The van der Waals surface area contributed by atoms with Gasteiger partial charge in [-0.05, 0) is 26.0 Å². The van der Waals surface area contributed by atoms with E-state index in [1.807, 2.05) is 0 Å². The molecule has 1 heterocycles. The van der Waals surface area contributed by atoms with Crippen LogP contribution in [0.25, 0.3) is 0 Å². The van der Waals surface area contributed by atoms with E-state index in [2.05, 4.69) is 15.8 Å². The summed E-state index contributed by atoms with van der Waals surface area (Å²) in [7, 11) is 0. The summed E-state index contributed by atoms with van der Waals surface area (Å²) < 4.78 is 4.86. The Morgan fingerprint density at radius 2 is 2.13 bits per heavy atom. The van der Waals surface area contributed by atoms with Crippen LogP contribution in [-0.4, -0.2) is 16.8 Å². The number of rotatable bonds is 5. The summed E-state index contributed by atoms with van der Waals surface area (Å²) in [6.07, 6.45) is 1.24. The first-order valence-corrected chi connectivity index (χ1v) is 6.72. The lowest BCUT2D eigenvalue weighted by molar-refractivity contribution is -0.112. The van der Waals surface area contributed by atoms with Crippen molar-refractivity contribution in [2.45, 2.75) is 13.8 Å². The van der Waals surface area contributed by atoms with Gasteiger partial charge in [-0.3, -0.25) is 9.59 Å². The number of anilines is 2. The standard InChI is InChI=1S/C16H14N4O3/c1-10-6-15(20-23-10)18-9-13(8-17)16(22)19-14-5-3-4-12(7-14)11(2)21/h3-7,9H,1-2H3,(H,18,20)(H,19,22)/b13-9-. The highest BCUT2D eigenvalue weighted by Crippen LogP contribution is 2.13. The lowest BCUT2D eigenvalue weighted by Crippen LogP contribution is -2.14. The molecule has 2 rings (SSSR count). The number of nitriles is 1. The normalized spacial score (nSPS) is 10.7. The number of benzene rings is 1. The van der Waals surface area contributed by atoms with E-state index in [0.717, 1.165) is 0 Å². The summed E-state index contributed by atoms with van der Waals surface area (Å²) in [5.41, 5.74) is 0.765. The molecular formula is C16H14N4O3. The van der Waals surface area contributed by atoms with Gasteiger partial charge < -0.3 is 15.2 Å². The molecule has 0 saturated heterocycles. The minimum Gasteiger partial charge on any atom is -0.360 e. The third-order valence-corrected chi connectivity index (χ3v) is 2.88. The van der Waals surface area contributed by atoms with Crippen LogP contribution in [0.1, 0.15) is 23.0 Å². The van der Waals surface area contributed by atoms with Crippen molar-refractivity contribution in [2.75, 3.05) is 10.6 Å². The molecule has 0 aliphatic heterocycles. The van der Waals surface area contributed by atoms with Crippen LogP contribution in [0, 0.1) is 18.3 Å². The molecule has 2 N–H and O–H groups in total. The summed E-state index contributed by atoms with van der Waals surface area (Å²) in [6.45, 7) is 3.16. The third kappa shape index (κ3) is 4.28. The summed E-state index contributed by atoms with van der Waals surface area (Å²) >= 11 is 0. The molecule has 1 aromatic carbocycles. The first kappa shape index (κ1) is 16.0. The van der Waals surface area contributed by atoms with Crippen LogP contribution in [0.15, 0.2) is 46.6 Å². The van der Waals surface area contributed by atoms with Gasteiger partial charge in [0.15, 0.2) is 11.6 Å². The molecule has 2 aromatic rings. The predicted molar refractivity (Wildman–Crippen MR) is 83.6 cm³/mol. The van der Waals surface area contributed by atoms with Crippen molar-refractivity contribution in [3.8, 4) is 6.07 Å². The second kappa shape index (κ2) is 7.04. The van der Waals surface area contributed by atoms with E-state index in [0.29, 0.717) is 22.8 Å². The van der Waals surface area contributed by atoms with Gasteiger partial charge in [-0.2, -0.15) is 5.26 Å². The smallest absolute Gasteiger partial charge is 0.267 e. The second-order valence-electron chi connectivity index (χ2n) is 4.73. The Kier molecular flexibility index (Phi) is 4.89. The van der Waals surface area contributed by atoms with Gasteiger partial charge in [-0.25, -0.2) is 0 Å². The maximum absolute atomic E-state index is 12.1. The molecule has 0 radical (unpaired) electrons. The zero-order chi connectivity index (χ0) is 16.8. The Morgan fingerprint density at radius 1 is 1.35 bits per heavy atom. The number of Topliss-reactive ketones (excluding diaryl/α,β-unsaturated/α-hetero) is 1. The zero-order valence-corrected chi connectivity index (χ0v) is 12.6. The number of nitrogens with zero attached hydrogens (tertiary/aromatic N) is 2. The molecule has 1 amide bonds. The molecule has 23 heavy (non-hydrogen) atoms. The molecular weight excluding hydrogens is 296 g/mol. The highest BCUT2D eigenvalue weighted by molar-refractivity contribution is 6.07. The van der Waals surface area contributed by atoms with Gasteiger partial charge in [-0.15, -0.1) is 0 Å². The summed E-state index contributed by atoms with van der Waals surface area (Å²) in [4.78, 5) is 23.4. The van der Waals surface area contributed by atoms with Crippen LogP contribution in [0.3, 0.4) is 0 Å². The minimum atomic E-state index is -0.596. The second-order valence-corrected chi connectivity index (χ2v) is 4.73. The zero-order valence-electron chi connectivity index (χ0n) is 12.6. The van der Waals surface area contributed by atoms with Crippen molar-refractivity contribution >= 4 is 23.2 Å². The molecule has 0 unspecified atom stereocenters. The van der Waals surface area contributed by atoms with Crippen molar-refractivity contribution in [1.82, 2.24) is 5.16 Å². The predicted octanol–water partition coefficient (Wildman–Crippen LogP) is 2.64. The quantitative estimate of drug-likeness (QED) is 0.499. The highest BCUT2D eigenvalue weighted by Gasteiger charge is 2.10. The van der Waals surface area contributed by atoms with Crippen LogP contribution in [-0.2, 0) is 4.79 Å². The maximum Gasteiger partial charge on any atom is 0.267 e. The molecule has 116 valence electrons. The highest BCUT2D eigenvalue weighted by atomic mass is 16.5. The molecule has 0 spiro atoms. The number of nitrogens with one attached hydrogen (secondary N) is 2. The number of amides is 1. The molecule has 0 aliphatic carbocycles. The van der Waals surface area contributed by atoms with Gasteiger partial charge in [-0.1, -0.05) is 17.3 Å². The average Bonchev–Trinajstić information content (AvgIpc) is 2.93. The van der Waals surface area contributed by atoms with E-state index in [1.54, 1.807) is 43.3 Å². The lowest BCUT2D eigenvalue weighted by atomic mass is 10.1. The number of ketones is 1. The van der Waals surface area contributed by atoms with E-state index in [4.69, 9.17) is 9.78 Å². The van der Waals surface area contributed by atoms with Crippen LogP contribution >= 0.6 is 0 Å². The minimum absolute atomic E-state index is 0.111. The number of carbonyl (C=O) groups excluding carboxylic acids is 2. The summed E-state index contributed by atoms with van der Waals surface area (Å²) in [5, 5.41) is 18.0. The van der Waals surface area contributed by atoms with E-state index >= 15 is 0 Å². The summed E-state index contributed by atoms with van der Waals surface area (Å²) in [5.74, 6) is 0.285. The van der Waals surface area contributed by atoms with Crippen molar-refractivity contribution in [2.24, 2.45) is 0 Å². The molecule has 0 bridgehead atoms. The van der Waals surface area contributed by atoms with Crippen molar-refractivity contribution in [3.05, 3.63) is 53.4 Å². The van der Waals surface area contributed by atoms with E-state index in [-0.39, 0.29) is 11.4 Å². The van der Waals surface area contributed by atoms with Gasteiger partial charge in [0, 0.05) is 23.5 Å². The average molecular weight is 310 g/mol. The molecule has 7 heteroatoms. The number of carbonyl (C=O) groups is 2. The number of hydrogen-bond donors (Lipinski definition) is 2. The summed E-state index contributed by atoms with van der Waals surface area (Å²) in [6, 6.07) is 9.90. The monoisotopic (exact) mass is 310 g/mol. The fourth-order valence-electron chi connectivity index (χ4n) is 1.74. The van der Waals surface area contributed by atoms with E-state index in [9.17, 15) is 9.59 Å². The fraction of sp³-hybridized carbons (Fsp3) is 0.125. The Labute approximate surface area is 132 Å². The Morgan fingerprint density at radius 3 is 2.74 bits per heavy atom. The van der Waals surface area contributed by atoms with E-state index in [1.165, 1.54) is 13.1 Å². The van der Waals surface area contributed by atoms with Gasteiger partial charge >= 0.3 is 0 Å². The van der Waals surface area contributed by atoms with Crippen LogP contribution < -0.4 is 10.6 Å². The Bertz CT molecular complexity index is 815. The SMILES string of the molecule is CC(=O)c1cccc(NC(=O)/C(C#N)=C\Nc2cc(C)on2)c1. The van der Waals surface area contributed by atoms with Gasteiger partial charge in [0.05, 0.1) is 0 Å². The Balaban J connectivity index is 2.09. The van der Waals surface area contributed by atoms with Gasteiger partial charge in [0.2, 0.25) is 0 Å². The topological polar surface area (TPSA) is 108 Å². The molecule has 1 aromatic heterocycles. The molecule has 0 saturated carbocycles. The third-order valence-electron chi connectivity index (χ3n) is 2.88. The number of hydrogen-bond acceptors (Lipinski definition) is 6. The van der Waals surface area contributed by atoms with Crippen molar-refractivity contribution in [1.29, 1.82) is 5.26 Å². The first-order valence-electron chi connectivity index (χ1n) is 6.72. The number of aryl methyl sites for hydroxylation is 1. The molecule has 0 aliphatic rings. The van der Waals surface area contributed by atoms with E-state index < -0.39 is 5.91 Å². The maximum atomic E-state index is 12.1. The van der Waals surface area contributed by atoms with Crippen LogP contribution in [0.4, 0.5) is 11.5 Å². The fourth-order valence-corrected chi connectivity index (χ4v) is 1.74. The largest absolute Gasteiger partial charge is 0.360 e. The van der Waals surface area contributed by atoms with Gasteiger partial charge in [0.1, 0.15) is 17.4 Å². The lowest BCUT2D eigenvalue weighted by Gasteiger charge is -2.05. The first-order chi connectivity index (χ1) is 11.0. The molecule has 0 atom stereocenters.